The Bertz CT molecular complexity index is 1380. The summed E-state index contributed by atoms with van der Waals surface area (Å²) in [5.41, 5.74) is 3.47. The van der Waals surface area contributed by atoms with Crippen molar-refractivity contribution in [2.75, 3.05) is 18.4 Å². The van der Waals surface area contributed by atoms with Gasteiger partial charge in [-0.2, -0.15) is 0 Å². The summed E-state index contributed by atoms with van der Waals surface area (Å²) in [4.78, 5) is 27.9. The molecule has 1 N–H and O–H groups in total. The Hall–Kier alpha value is -4.20. The summed E-state index contributed by atoms with van der Waals surface area (Å²) in [5.74, 6) is 2.61. The molecule has 8 nitrogen and oxygen atoms in total. The molecular formula is C28H29N5O3. The van der Waals surface area contributed by atoms with Crippen LogP contribution in [0.5, 0.6) is 17.2 Å². The molecule has 1 atom stereocenters. The van der Waals surface area contributed by atoms with Crippen molar-refractivity contribution in [2.24, 2.45) is 0 Å². The number of aromatic nitrogens is 3. The zero-order valence-corrected chi connectivity index (χ0v) is 20.7. The van der Waals surface area contributed by atoms with Crippen molar-refractivity contribution in [3.63, 3.8) is 0 Å². The quantitative estimate of drug-likeness (QED) is 0.368. The molecule has 1 unspecified atom stereocenters. The third-order valence-corrected chi connectivity index (χ3v) is 6.24. The van der Waals surface area contributed by atoms with Gasteiger partial charge in [-0.15, -0.1) is 0 Å². The van der Waals surface area contributed by atoms with Gasteiger partial charge in [0.2, 0.25) is 0 Å². The summed E-state index contributed by atoms with van der Waals surface area (Å²) in [6, 6.07) is 15.3. The first kappa shape index (κ1) is 23.5. The largest absolute Gasteiger partial charge is 0.480 e. The molecule has 1 aliphatic heterocycles. The number of fused-ring (bicyclic) bond motifs is 1. The minimum absolute atomic E-state index is 0.00542. The number of pyridine rings is 1. The van der Waals surface area contributed by atoms with Crippen molar-refractivity contribution in [3.05, 3.63) is 72.3 Å². The van der Waals surface area contributed by atoms with Crippen LogP contribution in [0, 0.1) is 13.8 Å². The third-order valence-electron chi connectivity index (χ3n) is 6.24. The van der Waals surface area contributed by atoms with E-state index in [1.54, 1.807) is 13.1 Å². The first-order chi connectivity index (χ1) is 17.5. The molecule has 184 valence electrons. The van der Waals surface area contributed by atoms with E-state index in [2.05, 4.69) is 20.3 Å². The van der Waals surface area contributed by atoms with Crippen molar-refractivity contribution >= 4 is 28.3 Å². The van der Waals surface area contributed by atoms with Gasteiger partial charge in [0.05, 0.1) is 17.1 Å². The van der Waals surface area contributed by atoms with E-state index in [1.807, 2.05) is 67.3 Å². The van der Waals surface area contributed by atoms with Crippen molar-refractivity contribution in [1.82, 2.24) is 19.9 Å². The molecule has 1 amide bonds. The lowest BCUT2D eigenvalue weighted by Gasteiger charge is -2.22. The molecule has 1 aliphatic rings. The van der Waals surface area contributed by atoms with Gasteiger partial charge in [-0.05, 0) is 81.6 Å². The van der Waals surface area contributed by atoms with E-state index in [4.69, 9.17) is 9.47 Å². The molecule has 0 saturated carbocycles. The second kappa shape index (κ2) is 10.2. The van der Waals surface area contributed by atoms with Crippen LogP contribution in [-0.4, -0.2) is 45.0 Å². The van der Waals surface area contributed by atoms with E-state index >= 15 is 0 Å². The van der Waals surface area contributed by atoms with Crippen molar-refractivity contribution in [2.45, 2.75) is 39.7 Å². The number of nitrogens with zero attached hydrogens (tertiary/aromatic N) is 4. The number of amides is 1. The van der Waals surface area contributed by atoms with Crippen LogP contribution in [0.3, 0.4) is 0 Å². The van der Waals surface area contributed by atoms with E-state index in [-0.39, 0.29) is 5.91 Å². The zero-order valence-electron chi connectivity index (χ0n) is 20.7. The van der Waals surface area contributed by atoms with Crippen LogP contribution < -0.4 is 14.8 Å². The average molecular weight is 484 g/mol. The van der Waals surface area contributed by atoms with Gasteiger partial charge in [-0.3, -0.25) is 9.78 Å². The summed E-state index contributed by atoms with van der Waals surface area (Å²) in [7, 11) is 0. The van der Waals surface area contributed by atoms with Gasteiger partial charge in [-0.1, -0.05) is 6.07 Å². The van der Waals surface area contributed by atoms with Gasteiger partial charge in [0.1, 0.15) is 29.4 Å². The summed E-state index contributed by atoms with van der Waals surface area (Å²) in [5, 5.41) is 4.12. The molecule has 8 heteroatoms. The second-order valence-corrected chi connectivity index (χ2v) is 9.01. The summed E-state index contributed by atoms with van der Waals surface area (Å²) < 4.78 is 12.2. The number of aryl methyl sites for hydroxylation is 2. The minimum Gasteiger partial charge on any atom is -0.480 e. The van der Waals surface area contributed by atoms with Crippen molar-refractivity contribution in [3.8, 4) is 17.2 Å². The van der Waals surface area contributed by atoms with Crippen molar-refractivity contribution in [1.29, 1.82) is 0 Å². The van der Waals surface area contributed by atoms with Crippen LogP contribution in [0.4, 0.5) is 11.5 Å². The Labute approximate surface area is 210 Å². The molecule has 5 rings (SSSR count). The number of anilines is 2. The fraction of sp³-hybridized carbons (Fsp3) is 0.286. The molecule has 4 aromatic rings. The maximum Gasteiger partial charge on any atom is 0.263 e. The number of hydrogen-bond acceptors (Lipinski definition) is 7. The number of ether oxygens (including phenoxy) is 2. The van der Waals surface area contributed by atoms with Crippen LogP contribution in [0.2, 0.25) is 0 Å². The Morgan fingerprint density at radius 2 is 1.83 bits per heavy atom. The normalized spacial score (nSPS) is 14.0. The van der Waals surface area contributed by atoms with E-state index in [0.717, 1.165) is 59.5 Å². The van der Waals surface area contributed by atoms with Crippen LogP contribution in [0.25, 0.3) is 10.9 Å². The third kappa shape index (κ3) is 5.07. The molecule has 1 fully saturated rings. The second-order valence-electron chi connectivity index (χ2n) is 9.01. The average Bonchev–Trinajstić information content (AvgIpc) is 3.42. The fourth-order valence-corrected chi connectivity index (χ4v) is 4.33. The van der Waals surface area contributed by atoms with Gasteiger partial charge in [0, 0.05) is 24.5 Å². The lowest BCUT2D eigenvalue weighted by atomic mass is 10.1. The molecule has 1 saturated heterocycles. The molecular weight excluding hydrogens is 454 g/mol. The Morgan fingerprint density at radius 3 is 2.58 bits per heavy atom. The SMILES string of the molecule is Cc1ccc(Oc2ccc(Nc3ncnc4cccc(OC(C)C(=O)N5CCCC5)c34)cc2C)cn1. The molecule has 0 bridgehead atoms. The Kier molecular flexibility index (Phi) is 6.66. The Morgan fingerprint density at radius 1 is 1.00 bits per heavy atom. The van der Waals surface area contributed by atoms with Gasteiger partial charge >= 0.3 is 0 Å². The smallest absolute Gasteiger partial charge is 0.263 e. The number of hydrogen-bond donors (Lipinski definition) is 1. The molecule has 3 heterocycles. The molecule has 0 aliphatic carbocycles. The van der Waals surface area contributed by atoms with E-state index in [1.165, 1.54) is 6.33 Å². The number of benzene rings is 2. The highest BCUT2D eigenvalue weighted by molar-refractivity contribution is 5.96. The number of carbonyl (C=O) groups is 1. The summed E-state index contributed by atoms with van der Waals surface area (Å²) >= 11 is 0. The highest BCUT2D eigenvalue weighted by atomic mass is 16.5. The lowest BCUT2D eigenvalue weighted by molar-refractivity contribution is -0.136. The predicted octanol–water partition coefficient (Wildman–Crippen LogP) is 5.57. The maximum absolute atomic E-state index is 12.8. The summed E-state index contributed by atoms with van der Waals surface area (Å²) in [6.45, 7) is 7.30. The number of likely N-dealkylation sites (tertiary alicyclic amines) is 1. The van der Waals surface area contributed by atoms with E-state index in [9.17, 15) is 4.79 Å². The first-order valence-electron chi connectivity index (χ1n) is 12.2. The van der Waals surface area contributed by atoms with Crippen LogP contribution in [0.1, 0.15) is 31.0 Å². The highest BCUT2D eigenvalue weighted by Crippen LogP contribution is 2.34. The van der Waals surface area contributed by atoms with Crippen LogP contribution >= 0.6 is 0 Å². The highest BCUT2D eigenvalue weighted by Gasteiger charge is 2.25. The molecule has 2 aromatic heterocycles. The van der Waals surface area contributed by atoms with Crippen LogP contribution in [0.15, 0.2) is 61.1 Å². The van der Waals surface area contributed by atoms with E-state index < -0.39 is 6.10 Å². The van der Waals surface area contributed by atoms with Gasteiger partial charge in [0.25, 0.3) is 5.91 Å². The Balaban J connectivity index is 1.38. The zero-order chi connectivity index (χ0) is 25.1. The number of nitrogens with one attached hydrogen (secondary N) is 1. The predicted molar refractivity (Wildman–Crippen MR) is 139 cm³/mol. The monoisotopic (exact) mass is 483 g/mol. The van der Waals surface area contributed by atoms with Gasteiger partial charge in [0.15, 0.2) is 6.10 Å². The van der Waals surface area contributed by atoms with Crippen LogP contribution in [-0.2, 0) is 4.79 Å². The van der Waals surface area contributed by atoms with Crippen molar-refractivity contribution < 1.29 is 14.3 Å². The van der Waals surface area contributed by atoms with E-state index in [0.29, 0.717) is 17.3 Å². The summed E-state index contributed by atoms with van der Waals surface area (Å²) in [6.07, 6.45) is 4.71. The standard InChI is InChI=1S/C28H29N5O3/c1-18-15-21(10-12-24(18)36-22-11-9-19(2)29-16-22)32-27-26-23(30-17-31-27)7-6-8-25(26)35-20(3)28(34)33-13-4-5-14-33/h6-12,15-17,20H,4-5,13-14H2,1-3H3,(H,30,31,32). The lowest BCUT2D eigenvalue weighted by Crippen LogP contribution is -2.38. The number of rotatable bonds is 7. The molecule has 0 spiro atoms. The topological polar surface area (TPSA) is 89.5 Å². The fourth-order valence-electron chi connectivity index (χ4n) is 4.33. The number of carbonyl (C=O) groups excluding carboxylic acids is 1. The van der Waals surface area contributed by atoms with Gasteiger partial charge in [-0.25, -0.2) is 9.97 Å². The molecule has 2 aromatic carbocycles. The molecule has 0 radical (unpaired) electrons. The molecule has 36 heavy (non-hydrogen) atoms. The van der Waals surface area contributed by atoms with Gasteiger partial charge < -0.3 is 19.7 Å². The maximum atomic E-state index is 12.8. The first-order valence-corrected chi connectivity index (χ1v) is 12.2. The minimum atomic E-state index is -0.600.